The standard InChI is InChI=1S/C16H17ClO2S/c1-2-19-15-9-5-3-7-12(15)14(18)11-20-16-10-6-4-8-13(16)17/h3-10,14,18H,2,11H2,1H3. The second kappa shape index (κ2) is 7.58. The molecule has 1 unspecified atom stereocenters. The summed E-state index contributed by atoms with van der Waals surface area (Å²) in [4.78, 5) is 0.974. The lowest BCUT2D eigenvalue weighted by Gasteiger charge is -2.15. The highest BCUT2D eigenvalue weighted by Crippen LogP contribution is 2.32. The van der Waals surface area contributed by atoms with Gasteiger partial charge in [-0.3, -0.25) is 0 Å². The van der Waals surface area contributed by atoms with E-state index in [1.165, 1.54) is 11.8 Å². The van der Waals surface area contributed by atoms with E-state index in [9.17, 15) is 5.11 Å². The van der Waals surface area contributed by atoms with Gasteiger partial charge in [0, 0.05) is 16.2 Å². The summed E-state index contributed by atoms with van der Waals surface area (Å²) in [6.07, 6.45) is -0.584. The van der Waals surface area contributed by atoms with Gasteiger partial charge in [-0.2, -0.15) is 0 Å². The van der Waals surface area contributed by atoms with E-state index < -0.39 is 6.10 Å². The Morgan fingerprint density at radius 1 is 1.15 bits per heavy atom. The van der Waals surface area contributed by atoms with Crippen molar-refractivity contribution in [3.8, 4) is 5.75 Å². The molecule has 0 saturated heterocycles. The maximum atomic E-state index is 10.3. The number of halogens is 1. The fourth-order valence-electron chi connectivity index (χ4n) is 1.86. The third kappa shape index (κ3) is 3.92. The zero-order valence-electron chi connectivity index (χ0n) is 11.3. The number of benzene rings is 2. The second-order valence-electron chi connectivity index (χ2n) is 4.23. The van der Waals surface area contributed by atoms with Crippen LogP contribution >= 0.6 is 23.4 Å². The lowest BCUT2D eigenvalue weighted by atomic mass is 10.1. The molecule has 0 amide bonds. The molecule has 0 bridgehead atoms. The monoisotopic (exact) mass is 308 g/mol. The molecule has 2 nitrogen and oxygen atoms in total. The minimum absolute atomic E-state index is 0.536. The smallest absolute Gasteiger partial charge is 0.125 e. The van der Waals surface area contributed by atoms with Crippen molar-refractivity contribution in [1.82, 2.24) is 0 Å². The molecular weight excluding hydrogens is 292 g/mol. The van der Waals surface area contributed by atoms with Crippen LogP contribution in [0.4, 0.5) is 0 Å². The van der Waals surface area contributed by atoms with Crippen LogP contribution in [0, 0.1) is 0 Å². The molecule has 0 aliphatic carbocycles. The first-order valence-corrected chi connectivity index (χ1v) is 7.86. The van der Waals surface area contributed by atoms with Crippen molar-refractivity contribution < 1.29 is 9.84 Å². The Labute approximate surface area is 128 Å². The summed E-state index contributed by atoms with van der Waals surface area (Å²) in [5, 5.41) is 11.0. The van der Waals surface area contributed by atoms with Crippen molar-refractivity contribution >= 4 is 23.4 Å². The van der Waals surface area contributed by atoms with Crippen LogP contribution in [0.15, 0.2) is 53.4 Å². The molecule has 1 atom stereocenters. The van der Waals surface area contributed by atoms with Gasteiger partial charge in [-0.25, -0.2) is 0 Å². The van der Waals surface area contributed by atoms with Crippen molar-refractivity contribution in [3.05, 3.63) is 59.1 Å². The highest BCUT2D eigenvalue weighted by atomic mass is 35.5. The maximum Gasteiger partial charge on any atom is 0.125 e. The van der Waals surface area contributed by atoms with Gasteiger partial charge < -0.3 is 9.84 Å². The van der Waals surface area contributed by atoms with Crippen LogP contribution in [0.25, 0.3) is 0 Å². The largest absolute Gasteiger partial charge is 0.493 e. The Kier molecular flexibility index (Phi) is 5.77. The number of thioether (sulfide) groups is 1. The minimum atomic E-state index is -0.584. The molecule has 106 valence electrons. The van der Waals surface area contributed by atoms with E-state index in [0.717, 1.165) is 16.2 Å². The normalized spacial score (nSPS) is 12.2. The van der Waals surface area contributed by atoms with Crippen molar-refractivity contribution in [1.29, 1.82) is 0 Å². The molecule has 0 aromatic heterocycles. The summed E-state index contributed by atoms with van der Waals surface area (Å²) in [7, 11) is 0. The summed E-state index contributed by atoms with van der Waals surface area (Å²) in [5.41, 5.74) is 0.814. The lowest BCUT2D eigenvalue weighted by Crippen LogP contribution is -2.04. The number of hydrogen-bond donors (Lipinski definition) is 1. The van der Waals surface area contributed by atoms with Crippen LogP contribution in [0.5, 0.6) is 5.75 Å². The molecule has 0 saturated carbocycles. The summed E-state index contributed by atoms with van der Waals surface area (Å²) in [5.74, 6) is 1.27. The molecule has 0 aliphatic rings. The van der Waals surface area contributed by atoms with Gasteiger partial charge in [-0.05, 0) is 25.1 Å². The number of hydrogen-bond acceptors (Lipinski definition) is 3. The van der Waals surface area contributed by atoms with Gasteiger partial charge in [0.05, 0.1) is 17.7 Å². The van der Waals surface area contributed by atoms with E-state index >= 15 is 0 Å². The molecular formula is C16H17ClO2S. The number of aliphatic hydroxyl groups excluding tert-OH is 1. The summed E-state index contributed by atoms with van der Waals surface area (Å²) in [6.45, 7) is 2.52. The number of para-hydroxylation sites is 1. The Hall–Kier alpha value is -1.16. The van der Waals surface area contributed by atoms with Crippen molar-refractivity contribution in [2.24, 2.45) is 0 Å². The maximum absolute atomic E-state index is 10.3. The van der Waals surface area contributed by atoms with Crippen LogP contribution in [0.3, 0.4) is 0 Å². The third-order valence-electron chi connectivity index (χ3n) is 2.81. The average Bonchev–Trinajstić information content (AvgIpc) is 2.47. The van der Waals surface area contributed by atoms with Crippen molar-refractivity contribution in [2.45, 2.75) is 17.9 Å². The van der Waals surface area contributed by atoms with Crippen molar-refractivity contribution in [3.63, 3.8) is 0 Å². The predicted molar refractivity (Wildman–Crippen MR) is 84.7 cm³/mol. The average molecular weight is 309 g/mol. The first-order chi connectivity index (χ1) is 9.72. The van der Waals surface area contributed by atoms with Crippen LogP contribution in [0.2, 0.25) is 5.02 Å². The Bertz CT molecular complexity index is 560. The van der Waals surface area contributed by atoms with Gasteiger partial charge >= 0.3 is 0 Å². The topological polar surface area (TPSA) is 29.5 Å². The van der Waals surface area contributed by atoms with Crippen LogP contribution in [-0.4, -0.2) is 17.5 Å². The van der Waals surface area contributed by atoms with Gasteiger partial charge in [0.1, 0.15) is 5.75 Å². The highest BCUT2D eigenvalue weighted by molar-refractivity contribution is 7.99. The molecule has 0 fully saturated rings. The van der Waals surface area contributed by atoms with E-state index in [0.29, 0.717) is 17.4 Å². The molecule has 0 spiro atoms. The van der Waals surface area contributed by atoms with Gasteiger partial charge in [-0.15, -0.1) is 11.8 Å². The van der Waals surface area contributed by atoms with E-state index in [1.807, 2.05) is 55.5 Å². The quantitative estimate of drug-likeness (QED) is 0.793. The van der Waals surface area contributed by atoms with Crippen molar-refractivity contribution in [2.75, 3.05) is 12.4 Å². The van der Waals surface area contributed by atoms with Crippen LogP contribution in [-0.2, 0) is 0 Å². The van der Waals surface area contributed by atoms with E-state index in [1.54, 1.807) is 0 Å². The van der Waals surface area contributed by atoms with Crippen LogP contribution < -0.4 is 4.74 Å². The molecule has 2 aromatic rings. The predicted octanol–water partition coefficient (Wildman–Crippen LogP) is 4.56. The van der Waals surface area contributed by atoms with E-state index in [2.05, 4.69) is 0 Å². The molecule has 0 radical (unpaired) electrons. The summed E-state index contributed by atoms with van der Waals surface area (Å²) in [6, 6.07) is 15.2. The zero-order valence-corrected chi connectivity index (χ0v) is 12.8. The van der Waals surface area contributed by atoms with Gasteiger partial charge in [0.15, 0.2) is 0 Å². The van der Waals surface area contributed by atoms with E-state index in [-0.39, 0.29) is 0 Å². The first kappa shape index (κ1) is 15.2. The first-order valence-electron chi connectivity index (χ1n) is 6.49. The summed E-state index contributed by atoms with van der Waals surface area (Å²) >= 11 is 7.65. The number of rotatable bonds is 6. The molecule has 2 rings (SSSR count). The van der Waals surface area contributed by atoms with Crippen LogP contribution in [0.1, 0.15) is 18.6 Å². The molecule has 20 heavy (non-hydrogen) atoms. The van der Waals surface area contributed by atoms with Gasteiger partial charge in [0.25, 0.3) is 0 Å². The Morgan fingerprint density at radius 3 is 2.60 bits per heavy atom. The second-order valence-corrected chi connectivity index (χ2v) is 5.70. The SMILES string of the molecule is CCOc1ccccc1C(O)CSc1ccccc1Cl. The number of ether oxygens (including phenoxy) is 1. The zero-order chi connectivity index (χ0) is 14.4. The molecule has 2 aromatic carbocycles. The van der Waals surface area contributed by atoms with Gasteiger partial charge in [-0.1, -0.05) is 41.9 Å². The Morgan fingerprint density at radius 2 is 1.85 bits per heavy atom. The molecule has 1 N–H and O–H groups in total. The molecule has 0 aliphatic heterocycles. The minimum Gasteiger partial charge on any atom is -0.493 e. The fraction of sp³-hybridized carbons (Fsp3) is 0.250. The lowest BCUT2D eigenvalue weighted by molar-refractivity contribution is 0.196. The third-order valence-corrected chi connectivity index (χ3v) is 4.40. The fourth-order valence-corrected chi connectivity index (χ4v) is 3.06. The Balaban J connectivity index is 2.05. The molecule has 0 heterocycles. The summed E-state index contributed by atoms with van der Waals surface area (Å²) < 4.78 is 5.54. The number of aliphatic hydroxyl groups is 1. The van der Waals surface area contributed by atoms with Gasteiger partial charge in [0.2, 0.25) is 0 Å². The highest BCUT2D eigenvalue weighted by Gasteiger charge is 2.14. The van der Waals surface area contributed by atoms with E-state index in [4.69, 9.17) is 16.3 Å². The molecule has 4 heteroatoms.